The molecule has 0 spiro atoms. The Morgan fingerprint density at radius 2 is 1.88 bits per heavy atom. The predicted molar refractivity (Wildman–Crippen MR) is 67.1 cm³/mol. The summed E-state index contributed by atoms with van der Waals surface area (Å²) in [5, 5.41) is 28.3. The number of aliphatic carboxylic acids is 1. The second-order valence-electron chi connectivity index (χ2n) is 4.88. The third-order valence-corrected chi connectivity index (χ3v) is 2.90. The highest BCUT2D eigenvalue weighted by Crippen LogP contribution is 2.38. The van der Waals surface area contributed by atoms with E-state index in [1.165, 1.54) is 6.07 Å². The van der Waals surface area contributed by atoms with E-state index in [2.05, 4.69) is 15.9 Å². The third kappa shape index (κ3) is 2.98. The third-order valence-electron chi connectivity index (χ3n) is 2.44. The molecule has 0 aliphatic carbocycles. The highest BCUT2D eigenvalue weighted by molar-refractivity contribution is 9.10. The highest BCUT2D eigenvalue weighted by atomic mass is 79.9. The minimum Gasteiger partial charge on any atom is -0.507 e. The lowest BCUT2D eigenvalue weighted by molar-refractivity contribution is -0.147. The number of aromatic hydroxyl groups is 1. The molecule has 17 heavy (non-hydrogen) atoms. The Kier molecular flexibility index (Phi) is 3.84. The number of carboxylic acids is 1. The average Bonchev–Trinajstić information content (AvgIpc) is 2.18. The number of aliphatic hydroxyl groups excluding tert-OH is 1. The summed E-state index contributed by atoms with van der Waals surface area (Å²) in [7, 11) is 0. The Morgan fingerprint density at radius 1 is 1.35 bits per heavy atom. The molecule has 0 aliphatic rings. The first-order valence-corrected chi connectivity index (χ1v) is 5.87. The van der Waals surface area contributed by atoms with Crippen LogP contribution in [0.4, 0.5) is 0 Å². The van der Waals surface area contributed by atoms with Gasteiger partial charge in [-0.2, -0.15) is 0 Å². The van der Waals surface area contributed by atoms with E-state index in [9.17, 15) is 15.0 Å². The molecular formula is C12H15BrO4. The smallest absolute Gasteiger partial charge is 0.337 e. The fourth-order valence-electron chi connectivity index (χ4n) is 1.53. The number of phenolic OH excluding ortho intramolecular Hbond substituents is 1. The molecule has 0 radical (unpaired) electrons. The molecule has 1 aromatic carbocycles. The van der Waals surface area contributed by atoms with E-state index in [1.54, 1.807) is 6.07 Å². The summed E-state index contributed by atoms with van der Waals surface area (Å²) in [6.07, 6.45) is -1.73. The largest absolute Gasteiger partial charge is 0.507 e. The number of hydrogen-bond donors (Lipinski definition) is 3. The van der Waals surface area contributed by atoms with Crippen molar-refractivity contribution in [2.24, 2.45) is 0 Å². The lowest BCUT2D eigenvalue weighted by Gasteiger charge is -2.23. The van der Waals surface area contributed by atoms with Crippen LogP contribution in [0.1, 0.15) is 38.0 Å². The number of aliphatic hydroxyl groups is 1. The van der Waals surface area contributed by atoms with E-state index in [0.717, 1.165) is 0 Å². The molecule has 0 aromatic heterocycles. The summed E-state index contributed by atoms with van der Waals surface area (Å²) >= 11 is 3.24. The van der Waals surface area contributed by atoms with Crippen LogP contribution in [0.2, 0.25) is 0 Å². The first-order chi connectivity index (χ1) is 7.64. The maximum absolute atomic E-state index is 10.7. The van der Waals surface area contributed by atoms with Gasteiger partial charge < -0.3 is 15.3 Å². The van der Waals surface area contributed by atoms with E-state index in [0.29, 0.717) is 10.0 Å². The van der Waals surface area contributed by atoms with Gasteiger partial charge in [-0.15, -0.1) is 0 Å². The SMILES string of the molecule is CC(C)(C)c1cc(Br)cc(C(O)C(=O)O)c1O. The van der Waals surface area contributed by atoms with Crippen molar-refractivity contribution in [1.82, 2.24) is 0 Å². The summed E-state index contributed by atoms with van der Waals surface area (Å²) in [4.78, 5) is 10.7. The van der Waals surface area contributed by atoms with Crippen molar-refractivity contribution < 1.29 is 20.1 Å². The van der Waals surface area contributed by atoms with E-state index >= 15 is 0 Å². The molecule has 1 aromatic rings. The molecule has 5 heteroatoms. The van der Waals surface area contributed by atoms with Crippen LogP contribution in [0.15, 0.2) is 16.6 Å². The molecule has 4 nitrogen and oxygen atoms in total. The summed E-state index contributed by atoms with van der Waals surface area (Å²) in [6.45, 7) is 5.68. The summed E-state index contributed by atoms with van der Waals surface area (Å²) in [6, 6.07) is 3.12. The van der Waals surface area contributed by atoms with Gasteiger partial charge in [-0.1, -0.05) is 36.7 Å². The molecule has 1 unspecified atom stereocenters. The average molecular weight is 303 g/mol. The van der Waals surface area contributed by atoms with Crippen LogP contribution in [-0.4, -0.2) is 21.3 Å². The van der Waals surface area contributed by atoms with Crippen molar-refractivity contribution >= 4 is 21.9 Å². The maximum Gasteiger partial charge on any atom is 0.337 e. The van der Waals surface area contributed by atoms with Crippen molar-refractivity contribution in [2.45, 2.75) is 32.3 Å². The van der Waals surface area contributed by atoms with Crippen LogP contribution in [0.25, 0.3) is 0 Å². The van der Waals surface area contributed by atoms with Gasteiger partial charge in [-0.25, -0.2) is 4.79 Å². The molecule has 1 atom stereocenters. The second-order valence-corrected chi connectivity index (χ2v) is 5.80. The number of halogens is 1. The minimum absolute atomic E-state index is 0.00296. The van der Waals surface area contributed by atoms with Crippen LogP contribution in [-0.2, 0) is 10.2 Å². The number of carboxylic acid groups (broad SMARTS) is 1. The Bertz CT molecular complexity index is 449. The Hall–Kier alpha value is -1.07. The monoisotopic (exact) mass is 302 g/mol. The molecule has 0 bridgehead atoms. The van der Waals surface area contributed by atoms with Gasteiger partial charge in [0.15, 0.2) is 6.10 Å². The lowest BCUT2D eigenvalue weighted by Crippen LogP contribution is -2.15. The molecule has 0 heterocycles. The van der Waals surface area contributed by atoms with Crippen molar-refractivity contribution in [3.63, 3.8) is 0 Å². The van der Waals surface area contributed by atoms with Gasteiger partial charge in [0.05, 0.1) is 0 Å². The molecule has 0 saturated heterocycles. The van der Waals surface area contributed by atoms with Crippen molar-refractivity contribution in [3.8, 4) is 5.75 Å². The summed E-state index contributed by atoms with van der Waals surface area (Å²) in [5.41, 5.74) is 0.236. The van der Waals surface area contributed by atoms with Crippen LogP contribution < -0.4 is 0 Å². The van der Waals surface area contributed by atoms with Gasteiger partial charge in [0, 0.05) is 15.6 Å². The Balaban J connectivity index is 3.44. The zero-order chi connectivity index (χ0) is 13.4. The van der Waals surface area contributed by atoms with Crippen molar-refractivity contribution in [2.75, 3.05) is 0 Å². The minimum atomic E-state index is -1.73. The number of benzene rings is 1. The lowest BCUT2D eigenvalue weighted by atomic mass is 9.84. The van der Waals surface area contributed by atoms with E-state index in [-0.39, 0.29) is 16.7 Å². The van der Waals surface area contributed by atoms with E-state index < -0.39 is 12.1 Å². The molecular weight excluding hydrogens is 288 g/mol. The molecule has 94 valence electrons. The van der Waals surface area contributed by atoms with Crippen LogP contribution >= 0.6 is 15.9 Å². The van der Waals surface area contributed by atoms with Crippen molar-refractivity contribution in [3.05, 3.63) is 27.7 Å². The van der Waals surface area contributed by atoms with Gasteiger partial charge in [0.2, 0.25) is 0 Å². The quantitative estimate of drug-likeness (QED) is 0.784. The molecule has 3 N–H and O–H groups in total. The van der Waals surface area contributed by atoms with Gasteiger partial charge in [0.25, 0.3) is 0 Å². The van der Waals surface area contributed by atoms with E-state index in [1.807, 2.05) is 20.8 Å². The second kappa shape index (κ2) is 4.66. The van der Waals surface area contributed by atoms with Crippen LogP contribution in [0, 0.1) is 0 Å². The molecule has 0 fully saturated rings. The number of carbonyl (C=O) groups is 1. The first kappa shape index (κ1) is 14.0. The zero-order valence-corrected chi connectivity index (χ0v) is 11.4. The fraction of sp³-hybridized carbons (Fsp3) is 0.417. The number of rotatable bonds is 2. The topological polar surface area (TPSA) is 77.8 Å². The molecule has 1 rings (SSSR count). The van der Waals surface area contributed by atoms with Gasteiger partial charge in [-0.05, 0) is 17.5 Å². The zero-order valence-electron chi connectivity index (χ0n) is 9.86. The molecule has 0 amide bonds. The Morgan fingerprint density at radius 3 is 2.29 bits per heavy atom. The first-order valence-electron chi connectivity index (χ1n) is 5.08. The number of hydrogen-bond acceptors (Lipinski definition) is 3. The number of phenols is 1. The molecule has 0 saturated carbocycles. The van der Waals surface area contributed by atoms with Crippen LogP contribution in [0.5, 0.6) is 5.75 Å². The summed E-state index contributed by atoms with van der Waals surface area (Å²) in [5.74, 6) is -1.56. The Labute approximate surface area is 108 Å². The van der Waals surface area contributed by atoms with E-state index in [4.69, 9.17) is 5.11 Å². The van der Waals surface area contributed by atoms with Gasteiger partial charge >= 0.3 is 5.97 Å². The fourth-order valence-corrected chi connectivity index (χ4v) is 2.01. The normalized spacial score (nSPS) is 13.5. The standard InChI is InChI=1S/C12H15BrO4/c1-12(2,3)8-5-6(13)4-7(9(8)14)10(15)11(16)17/h4-5,10,14-15H,1-3H3,(H,16,17). The highest BCUT2D eigenvalue weighted by Gasteiger charge is 2.26. The van der Waals surface area contributed by atoms with Gasteiger partial charge in [0.1, 0.15) is 5.75 Å². The maximum atomic E-state index is 10.7. The van der Waals surface area contributed by atoms with Crippen LogP contribution in [0.3, 0.4) is 0 Å². The van der Waals surface area contributed by atoms with Gasteiger partial charge in [-0.3, -0.25) is 0 Å². The summed E-state index contributed by atoms with van der Waals surface area (Å²) < 4.78 is 0.621. The molecule has 0 aliphatic heterocycles. The van der Waals surface area contributed by atoms with Crippen molar-refractivity contribution in [1.29, 1.82) is 0 Å². The predicted octanol–water partition coefficient (Wildman–Crippen LogP) is 2.57.